The Kier molecular flexibility index (Phi) is 6.34. The Hall–Kier alpha value is -1.42. The summed E-state index contributed by atoms with van der Waals surface area (Å²) in [6.07, 6.45) is 2.81. The summed E-state index contributed by atoms with van der Waals surface area (Å²) in [4.78, 5) is 4.37. The molecule has 0 aliphatic rings. The van der Waals surface area contributed by atoms with Gasteiger partial charge in [-0.1, -0.05) is 23.7 Å². The van der Waals surface area contributed by atoms with Gasteiger partial charge in [-0.05, 0) is 42.3 Å². The van der Waals surface area contributed by atoms with Crippen molar-refractivity contribution in [2.75, 3.05) is 5.73 Å². The summed E-state index contributed by atoms with van der Waals surface area (Å²) in [6.45, 7) is 0.891. The fourth-order valence-electron chi connectivity index (χ4n) is 2.16. The van der Waals surface area contributed by atoms with Gasteiger partial charge in [0.2, 0.25) is 0 Å². The fourth-order valence-corrected chi connectivity index (χ4v) is 2.29. The lowest BCUT2D eigenvalue weighted by Crippen LogP contribution is -1.99. The molecule has 0 bridgehead atoms. The lowest BCUT2D eigenvalue weighted by molar-refractivity contribution is 0.716. The molecular formula is C15H16Cl3N3. The van der Waals surface area contributed by atoms with E-state index in [9.17, 15) is 0 Å². The van der Waals surface area contributed by atoms with Crippen molar-refractivity contribution < 1.29 is 0 Å². The van der Waals surface area contributed by atoms with E-state index in [1.54, 1.807) is 0 Å². The smallest absolute Gasteiger partial charge is 0.0958 e. The van der Waals surface area contributed by atoms with Gasteiger partial charge in [0.1, 0.15) is 0 Å². The molecule has 0 amide bonds. The molecule has 0 unspecified atom stereocenters. The predicted octanol–water partition coefficient (Wildman–Crippen LogP) is 4.36. The minimum atomic E-state index is 0. The van der Waals surface area contributed by atoms with Crippen LogP contribution in [0.5, 0.6) is 0 Å². The highest BCUT2D eigenvalue weighted by Gasteiger charge is 2.03. The summed E-state index contributed by atoms with van der Waals surface area (Å²) in [7, 11) is 0. The van der Waals surface area contributed by atoms with Crippen LogP contribution in [0.25, 0.3) is 11.0 Å². The first-order valence-corrected chi connectivity index (χ1v) is 6.55. The number of hydrogen-bond donors (Lipinski definition) is 1. The van der Waals surface area contributed by atoms with Gasteiger partial charge in [-0.25, -0.2) is 4.98 Å². The second-order valence-electron chi connectivity index (χ2n) is 4.56. The van der Waals surface area contributed by atoms with Gasteiger partial charge >= 0.3 is 0 Å². The number of rotatable bonds is 3. The number of anilines is 1. The molecular weight excluding hydrogens is 329 g/mol. The zero-order chi connectivity index (χ0) is 13.2. The molecule has 0 aliphatic heterocycles. The normalized spacial score (nSPS) is 9.95. The van der Waals surface area contributed by atoms with E-state index in [0.717, 1.165) is 34.7 Å². The molecule has 0 radical (unpaired) electrons. The van der Waals surface area contributed by atoms with Crippen LogP contribution in [0.1, 0.15) is 5.56 Å². The lowest BCUT2D eigenvalue weighted by Gasteiger charge is -2.05. The minimum absolute atomic E-state index is 0. The Labute approximate surface area is 140 Å². The van der Waals surface area contributed by atoms with E-state index in [2.05, 4.69) is 21.7 Å². The fraction of sp³-hybridized carbons (Fsp3) is 0.133. The van der Waals surface area contributed by atoms with Gasteiger partial charge in [0.15, 0.2) is 0 Å². The van der Waals surface area contributed by atoms with E-state index in [4.69, 9.17) is 17.3 Å². The van der Waals surface area contributed by atoms with Crippen LogP contribution in [-0.2, 0) is 13.0 Å². The van der Waals surface area contributed by atoms with Crippen LogP contribution in [0.2, 0.25) is 5.02 Å². The molecule has 112 valence electrons. The second kappa shape index (κ2) is 7.55. The highest BCUT2D eigenvalue weighted by atomic mass is 35.5. The standard InChI is InChI=1S/C15H14ClN3.2ClH/c16-12-3-1-11(2-4-12)7-8-19-10-18-14-9-13(17)5-6-15(14)19;;/h1-6,9-10H,7-8,17H2;2*1H. The van der Waals surface area contributed by atoms with Crippen molar-refractivity contribution in [2.45, 2.75) is 13.0 Å². The average molecular weight is 345 g/mol. The number of aromatic nitrogens is 2. The van der Waals surface area contributed by atoms with E-state index >= 15 is 0 Å². The highest BCUT2D eigenvalue weighted by molar-refractivity contribution is 6.30. The SMILES string of the molecule is Cl.Cl.Nc1ccc2c(c1)ncn2CCc1ccc(Cl)cc1. The maximum Gasteiger partial charge on any atom is 0.0958 e. The van der Waals surface area contributed by atoms with Gasteiger partial charge in [0.05, 0.1) is 17.4 Å². The van der Waals surface area contributed by atoms with Crippen LogP contribution < -0.4 is 5.73 Å². The monoisotopic (exact) mass is 343 g/mol. The quantitative estimate of drug-likeness (QED) is 0.717. The molecule has 1 heterocycles. The third-order valence-corrected chi connectivity index (χ3v) is 3.45. The maximum atomic E-state index is 5.88. The van der Waals surface area contributed by atoms with Crippen LogP contribution >= 0.6 is 36.4 Å². The first-order chi connectivity index (χ1) is 9.22. The molecule has 3 nitrogen and oxygen atoms in total. The summed E-state index contributed by atoms with van der Waals surface area (Å²) < 4.78 is 2.14. The topological polar surface area (TPSA) is 43.8 Å². The number of fused-ring (bicyclic) bond motifs is 1. The molecule has 2 aromatic carbocycles. The molecule has 0 aliphatic carbocycles. The summed E-state index contributed by atoms with van der Waals surface area (Å²) >= 11 is 5.88. The van der Waals surface area contributed by atoms with E-state index in [0.29, 0.717) is 0 Å². The predicted molar refractivity (Wildman–Crippen MR) is 93.8 cm³/mol. The molecule has 21 heavy (non-hydrogen) atoms. The lowest BCUT2D eigenvalue weighted by atomic mass is 10.1. The number of halogens is 3. The Morgan fingerprint density at radius 1 is 1.05 bits per heavy atom. The van der Waals surface area contributed by atoms with Crippen LogP contribution in [-0.4, -0.2) is 9.55 Å². The maximum absolute atomic E-state index is 5.88. The van der Waals surface area contributed by atoms with Gasteiger partial charge in [-0.2, -0.15) is 0 Å². The summed E-state index contributed by atoms with van der Waals surface area (Å²) in [5.74, 6) is 0. The Morgan fingerprint density at radius 2 is 1.76 bits per heavy atom. The molecule has 0 atom stereocenters. The third kappa shape index (κ3) is 4.03. The van der Waals surface area contributed by atoms with E-state index in [1.165, 1.54) is 5.56 Å². The molecule has 0 spiro atoms. The van der Waals surface area contributed by atoms with Gasteiger partial charge < -0.3 is 10.3 Å². The Bertz CT molecular complexity index is 708. The molecule has 3 rings (SSSR count). The number of imidazole rings is 1. The zero-order valence-electron chi connectivity index (χ0n) is 11.2. The van der Waals surface area contributed by atoms with Crippen LogP contribution in [0.15, 0.2) is 48.8 Å². The summed E-state index contributed by atoms with van der Waals surface area (Å²) in [5.41, 5.74) is 9.82. The van der Waals surface area contributed by atoms with Crippen molar-refractivity contribution in [2.24, 2.45) is 0 Å². The van der Waals surface area contributed by atoms with Crippen molar-refractivity contribution in [3.8, 4) is 0 Å². The molecule has 0 saturated heterocycles. The van der Waals surface area contributed by atoms with Crippen molar-refractivity contribution in [3.05, 3.63) is 59.4 Å². The highest BCUT2D eigenvalue weighted by Crippen LogP contribution is 2.17. The van der Waals surface area contributed by atoms with Crippen molar-refractivity contribution in [1.82, 2.24) is 9.55 Å². The molecule has 0 saturated carbocycles. The number of nitrogens with two attached hydrogens (primary N) is 1. The van der Waals surface area contributed by atoms with Gasteiger partial charge in [0, 0.05) is 17.3 Å². The number of nitrogen functional groups attached to an aromatic ring is 1. The number of hydrogen-bond acceptors (Lipinski definition) is 2. The first-order valence-electron chi connectivity index (χ1n) is 6.17. The van der Waals surface area contributed by atoms with Crippen LogP contribution in [0.3, 0.4) is 0 Å². The number of benzene rings is 2. The molecule has 6 heteroatoms. The molecule has 3 aromatic rings. The average Bonchev–Trinajstić information content (AvgIpc) is 2.80. The summed E-state index contributed by atoms with van der Waals surface area (Å²) in [6, 6.07) is 13.8. The molecule has 2 N–H and O–H groups in total. The van der Waals surface area contributed by atoms with Gasteiger partial charge in [0.25, 0.3) is 0 Å². The first kappa shape index (κ1) is 17.6. The zero-order valence-corrected chi connectivity index (χ0v) is 13.6. The number of aryl methyl sites for hydroxylation is 2. The van der Waals surface area contributed by atoms with E-state index in [-0.39, 0.29) is 24.8 Å². The molecule has 0 fully saturated rings. The molecule has 1 aromatic heterocycles. The Morgan fingerprint density at radius 3 is 2.48 bits per heavy atom. The number of nitrogens with zero attached hydrogens (tertiary/aromatic N) is 2. The van der Waals surface area contributed by atoms with Crippen molar-refractivity contribution in [3.63, 3.8) is 0 Å². The Balaban J connectivity index is 0.00000110. The van der Waals surface area contributed by atoms with E-state index in [1.807, 2.05) is 36.7 Å². The third-order valence-electron chi connectivity index (χ3n) is 3.20. The minimum Gasteiger partial charge on any atom is -0.399 e. The summed E-state index contributed by atoms with van der Waals surface area (Å²) in [5, 5.41) is 0.771. The second-order valence-corrected chi connectivity index (χ2v) is 5.00. The van der Waals surface area contributed by atoms with Crippen LogP contribution in [0, 0.1) is 0 Å². The largest absolute Gasteiger partial charge is 0.399 e. The van der Waals surface area contributed by atoms with E-state index < -0.39 is 0 Å². The van der Waals surface area contributed by atoms with Crippen molar-refractivity contribution >= 4 is 53.1 Å². The van der Waals surface area contributed by atoms with Gasteiger partial charge in [-0.3, -0.25) is 0 Å². The van der Waals surface area contributed by atoms with Crippen LogP contribution in [0.4, 0.5) is 5.69 Å². The van der Waals surface area contributed by atoms with Crippen molar-refractivity contribution in [1.29, 1.82) is 0 Å². The van der Waals surface area contributed by atoms with Gasteiger partial charge in [-0.15, -0.1) is 24.8 Å².